The van der Waals surface area contributed by atoms with Crippen molar-refractivity contribution in [3.8, 4) is 0 Å². The van der Waals surface area contributed by atoms with E-state index in [1.54, 1.807) is 0 Å². The largest absolute Gasteiger partial charge is 0.378 e. The van der Waals surface area contributed by atoms with Gasteiger partial charge in [-0.1, -0.05) is 6.92 Å². The Morgan fingerprint density at radius 1 is 1.50 bits per heavy atom. The average molecular weight is 112 g/mol. The van der Waals surface area contributed by atoms with Gasteiger partial charge in [0.1, 0.15) is 0 Å². The highest BCUT2D eigenvalue weighted by atomic mass is 16.5. The Morgan fingerprint density at radius 2 is 2.38 bits per heavy atom. The monoisotopic (exact) mass is 112 g/mol. The van der Waals surface area contributed by atoms with Crippen LogP contribution in [0, 0.1) is 11.8 Å². The van der Waals surface area contributed by atoms with E-state index in [4.69, 9.17) is 4.74 Å². The van der Waals surface area contributed by atoms with Crippen molar-refractivity contribution in [1.82, 2.24) is 0 Å². The summed E-state index contributed by atoms with van der Waals surface area (Å²) in [5, 5.41) is 0. The van der Waals surface area contributed by atoms with E-state index >= 15 is 0 Å². The molecule has 1 aliphatic carbocycles. The molecule has 1 saturated heterocycles. The summed E-state index contributed by atoms with van der Waals surface area (Å²) in [6.45, 7) is 3.31. The second kappa shape index (κ2) is 1.47. The minimum atomic E-state index is 0.662. The Balaban J connectivity index is 2.02. The first-order valence-electron chi connectivity index (χ1n) is 3.49. The zero-order chi connectivity index (χ0) is 5.56. The SMILES string of the molecule is C[C@@H]1C[C@H]2CCO[C@H]21. The van der Waals surface area contributed by atoms with Crippen LogP contribution >= 0.6 is 0 Å². The first-order chi connectivity index (χ1) is 3.88. The van der Waals surface area contributed by atoms with Gasteiger partial charge in [0.15, 0.2) is 0 Å². The summed E-state index contributed by atoms with van der Waals surface area (Å²) in [7, 11) is 0. The van der Waals surface area contributed by atoms with Crippen molar-refractivity contribution in [1.29, 1.82) is 0 Å². The van der Waals surface area contributed by atoms with Crippen LogP contribution in [0.25, 0.3) is 0 Å². The molecule has 0 amide bonds. The fourth-order valence-electron chi connectivity index (χ4n) is 1.95. The molecule has 0 aromatic carbocycles. The molecule has 0 N–H and O–H groups in total. The maximum absolute atomic E-state index is 5.46. The molecule has 3 atom stereocenters. The Bertz CT molecular complexity index is 101. The number of hydrogen-bond donors (Lipinski definition) is 0. The lowest BCUT2D eigenvalue weighted by Crippen LogP contribution is -2.36. The van der Waals surface area contributed by atoms with E-state index in [1.165, 1.54) is 12.8 Å². The van der Waals surface area contributed by atoms with E-state index in [-0.39, 0.29) is 0 Å². The molecule has 2 rings (SSSR count). The third kappa shape index (κ3) is 0.455. The van der Waals surface area contributed by atoms with Gasteiger partial charge in [-0.05, 0) is 24.7 Å². The van der Waals surface area contributed by atoms with Crippen LogP contribution in [-0.2, 0) is 4.74 Å². The molecular weight excluding hydrogens is 100 g/mol. The number of fused-ring (bicyclic) bond motifs is 1. The van der Waals surface area contributed by atoms with Crippen LogP contribution in [0.4, 0.5) is 0 Å². The summed E-state index contributed by atoms with van der Waals surface area (Å²) >= 11 is 0. The second-order valence-electron chi connectivity index (χ2n) is 3.10. The number of ether oxygens (including phenoxy) is 1. The molecule has 8 heavy (non-hydrogen) atoms. The van der Waals surface area contributed by atoms with E-state index in [0.717, 1.165) is 18.4 Å². The van der Waals surface area contributed by atoms with Gasteiger partial charge in [-0.3, -0.25) is 0 Å². The lowest BCUT2D eigenvalue weighted by molar-refractivity contribution is -0.0170. The van der Waals surface area contributed by atoms with Gasteiger partial charge < -0.3 is 4.74 Å². The van der Waals surface area contributed by atoms with Crippen molar-refractivity contribution in [3.63, 3.8) is 0 Å². The third-order valence-electron chi connectivity index (χ3n) is 2.50. The van der Waals surface area contributed by atoms with Crippen molar-refractivity contribution in [2.45, 2.75) is 25.9 Å². The predicted octanol–water partition coefficient (Wildman–Crippen LogP) is 1.43. The van der Waals surface area contributed by atoms with E-state index in [1.807, 2.05) is 0 Å². The minimum Gasteiger partial charge on any atom is -0.378 e. The standard InChI is InChI=1S/C7H12O/c1-5-4-6-2-3-8-7(5)6/h5-7H,2-4H2,1H3/t5-,6-,7+/m1/s1. The zero-order valence-electron chi connectivity index (χ0n) is 5.26. The van der Waals surface area contributed by atoms with Crippen molar-refractivity contribution in [3.05, 3.63) is 0 Å². The molecule has 1 saturated carbocycles. The number of hydrogen-bond acceptors (Lipinski definition) is 1. The highest BCUT2D eigenvalue weighted by molar-refractivity contribution is 4.91. The quantitative estimate of drug-likeness (QED) is 0.460. The van der Waals surface area contributed by atoms with Gasteiger partial charge in [0.25, 0.3) is 0 Å². The van der Waals surface area contributed by atoms with Gasteiger partial charge in [-0.15, -0.1) is 0 Å². The molecule has 0 aromatic rings. The Morgan fingerprint density at radius 3 is 2.88 bits per heavy atom. The van der Waals surface area contributed by atoms with Crippen molar-refractivity contribution in [2.75, 3.05) is 6.61 Å². The summed E-state index contributed by atoms with van der Waals surface area (Å²) in [6, 6.07) is 0. The summed E-state index contributed by atoms with van der Waals surface area (Å²) in [6.07, 6.45) is 3.41. The van der Waals surface area contributed by atoms with Gasteiger partial charge in [-0.2, -0.15) is 0 Å². The van der Waals surface area contributed by atoms with Crippen molar-refractivity contribution < 1.29 is 4.74 Å². The highest BCUT2D eigenvalue weighted by Crippen LogP contribution is 2.42. The molecule has 0 spiro atoms. The molecule has 2 fully saturated rings. The lowest BCUT2D eigenvalue weighted by atomic mass is 9.73. The maximum Gasteiger partial charge on any atom is 0.0629 e. The summed E-state index contributed by atoms with van der Waals surface area (Å²) < 4.78 is 5.46. The van der Waals surface area contributed by atoms with E-state index in [2.05, 4.69) is 6.92 Å². The summed E-state index contributed by atoms with van der Waals surface area (Å²) in [5.74, 6) is 1.81. The van der Waals surface area contributed by atoms with E-state index in [0.29, 0.717) is 6.10 Å². The first-order valence-corrected chi connectivity index (χ1v) is 3.49. The third-order valence-corrected chi connectivity index (χ3v) is 2.50. The molecule has 1 aliphatic heterocycles. The van der Waals surface area contributed by atoms with Gasteiger partial charge in [0.05, 0.1) is 6.10 Å². The molecule has 1 heterocycles. The fourth-order valence-corrected chi connectivity index (χ4v) is 1.95. The van der Waals surface area contributed by atoms with E-state index in [9.17, 15) is 0 Å². The van der Waals surface area contributed by atoms with Crippen LogP contribution in [0.3, 0.4) is 0 Å². The molecule has 0 radical (unpaired) electrons. The molecule has 0 aromatic heterocycles. The van der Waals surface area contributed by atoms with Crippen LogP contribution in [0.15, 0.2) is 0 Å². The molecule has 2 aliphatic rings. The molecule has 1 nitrogen and oxygen atoms in total. The number of rotatable bonds is 0. The minimum absolute atomic E-state index is 0.662. The van der Waals surface area contributed by atoms with E-state index < -0.39 is 0 Å². The average Bonchev–Trinajstić information content (AvgIpc) is 2.09. The van der Waals surface area contributed by atoms with Crippen molar-refractivity contribution in [2.24, 2.45) is 11.8 Å². The Labute approximate surface area is 50.0 Å². The Kier molecular flexibility index (Phi) is 0.884. The van der Waals surface area contributed by atoms with Crippen LogP contribution in [0.5, 0.6) is 0 Å². The predicted molar refractivity (Wildman–Crippen MR) is 31.6 cm³/mol. The molecule has 0 bridgehead atoms. The summed E-state index contributed by atoms with van der Waals surface area (Å²) in [4.78, 5) is 0. The molecule has 0 unspecified atom stereocenters. The van der Waals surface area contributed by atoms with Crippen LogP contribution < -0.4 is 0 Å². The van der Waals surface area contributed by atoms with Crippen molar-refractivity contribution >= 4 is 0 Å². The Hall–Kier alpha value is -0.0400. The van der Waals surface area contributed by atoms with Gasteiger partial charge in [-0.25, -0.2) is 0 Å². The van der Waals surface area contributed by atoms with Crippen LogP contribution in [0.1, 0.15) is 19.8 Å². The first kappa shape index (κ1) is 4.80. The highest BCUT2D eigenvalue weighted by Gasteiger charge is 2.42. The van der Waals surface area contributed by atoms with Gasteiger partial charge >= 0.3 is 0 Å². The van der Waals surface area contributed by atoms with Crippen LogP contribution in [0.2, 0.25) is 0 Å². The fraction of sp³-hybridized carbons (Fsp3) is 1.00. The smallest absolute Gasteiger partial charge is 0.0629 e. The lowest BCUT2D eigenvalue weighted by Gasteiger charge is -2.36. The van der Waals surface area contributed by atoms with Gasteiger partial charge in [0, 0.05) is 6.61 Å². The van der Waals surface area contributed by atoms with Gasteiger partial charge in [0.2, 0.25) is 0 Å². The van der Waals surface area contributed by atoms with Crippen LogP contribution in [-0.4, -0.2) is 12.7 Å². The second-order valence-corrected chi connectivity index (χ2v) is 3.10. The molecule has 46 valence electrons. The summed E-state index contributed by atoms with van der Waals surface area (Å²) in [5.41, 5.74) is 0. The topological polar surface area (TPSA) is 9.23 Å². The molecular formula is C7H12O. The molecule has 1 heteroatoms. The maximum atomic E-state index is 5.46. The normalized spacial score (nSPS) is 52.9. The zero-order valence-corrected chi connectivity index (χ0v) is 5.26.